The lowest BCUT2D eigenvalue weighted by atomic mass is 10.1. The van der Waals surface area contributed by atoms with Crippen LogP contribution in [0.5, 0.6) is 5.75 Å². The lowest BCUT2D eigenvalue weighted by Gasteiger charge is -2.13. The molecule has 0 aliphatic heterocycles. The molecule has 35 heavy (non-hydrogen) atoms. The van der Waals surface area contributed by atoms with Crippen molar-refractivity contribution in [3.05, 3.63) is 88.5 Å². The number of imidazole rings is 1. The summed E-state index contributed by atoms with van der Waals surface area (Å²) in [7, 11) is 0. The SMILES string of the molecule is Cc1ncc(CO)c(CNCc2ccc(Cn3c(C)nc4c(N)nc5ccccc5c43)cc2)c1O. The van der Waals surface area contributed by atoms with Crippen molar-refractivity contribution in [1.29, 1.82) is 0 Å². The number of aromatic nitrogens is 4. The molecule has 0 aliphatic rings. The summed E-state index contributed by atoms with van der Waals surface area (Å²) in [4.78, 5) is 13.3. The molecule has 5 aromatic rings. The van der Waals surface area contributed by atoms with E-state index in [9.17, 15) is 10.2 Å². The van der Waals surface area contributed by atoms with Gasteiger partial charge in [-0.2, -0.15) is 0 Å². The molecule has 0 fully saturated rings. The smallest absolute Gasteiger partial charge is 0.152 e. The number of nitrogen functional groups attached to an aromatic ring is 1. The Morgan fingerprint density at radius 3 is 2.49 bits per heavy atom. The monoisotopic (exact) mass is 468 g/mol. The fraction of sp³-hybridized carbons (Fsp3) is 0.222. The zero-order valence-corrected chi connectivity index (χ0v) is 19.8. The van der Waals surface area contributed by atoms with Crippen molar-refractivity contribution < 1.29 is 10.2 Å². The Bertz CT molecular complexity index is 1530. The number of nitrogens with one attached hydrogen (secondary N) is 1. The fourth-order valence-corrected chi connectivity index (χ4v) is 4.46. The molecule has 0 spiro atoms. The number of nitrogens with zero attached hydrogens (tertiary/aromatic N) is 4. The average Bonchev–Trinajstić information content (AvgIpc) is 3.19. The molecule has 178 valence electrons. The third-order valence-electron chi connectivity index (χ3n) is 6.40. The highest BCUT2D eigenvalue weighted by Crippen LogP contribution is 2.29. The van der Waals surface area contributed by atoms with Gasteiger partial charge in [0.1, 0.15) is 17.1 Å². The van der Waals surface area contributed by atoms with Crippen molar-refractivity contribution in [1.82, 2.24) is 24.8 Å². The first-order chi connectivity index (χ1) is 17.0. The number of benzene rings is 2. The van der Waals surface area contributed by atoms with Crippen LogP contribution in [0.4, 0.5) is 5.82 Å². The van der Waals surface area contributed by atoms with E-state index in [-0.39, 0.29) is 12.4 Å². The first kappa shape index (κ1) is 22.8. The van der Waals surface area contributed by atoms with Gasteiger partial charge in [0.15, 0.2) is 5.82 Å². The van der Waals surface area contributed by atoms with Crippen LogP contribution in [0.2, 0.25) is 0 Å². The average molecular weight is 469 g/mol. The summed E-state index contributed by atoms with van der Waals surface area (Å²) in [6.07, 6.45) is 1.61. The number of hydrogen-bond donors (Lipinski definition) is 4. The summed E-state index contributed by atoms with van der Waals surface area (Å²) < 4.78 is 2.19. The van der Waals surface area contributed by atoms with E-state index in [1.807, 2.05) is 25.1 Å². The highest BCUT2D eigenvalue weighted by Gasteiger charge is 2.15. The van der Waals surface area contributed by atoms with Gasteiger partial charge in [-0.3, -0.25) is 4.98 Å². The number of pyridine rings is 2. The number of aryl methyl sites for hydroxylation is 2. The molecular formula is C27H28N6O2. The van der Waals surface area contributed by atoms with Crippen LogP contribution >= 0.6 is 0 Å². The van der Waals surface area contributed by atoms with Crippen molar-refractivity contribution in [2.24, 2.45) is 0 Å². The maximum atomic E-state index is 10.3. The van der Waals surface area contributed by atoms with Crippen molar-refractivity contribution in [2.75, 3.05) is 5.73 Å². The van der Waals surface area contributed by atoms with Gasteiger partial charge in [0, 0.05) is 42.3 Å². The Kier molecular flexibility index (Phi) is 6.07. The minimum Gasteiger partial charge on any atom is -0.506 e. The molecule has 5 rings (SSSR count). The summed E-state index contributed by atoms with van der Waals surface area (Å²) in [5.74, 6) is 1.47. The molecule has 0 unspecified atom stereocenters. The number of hydrogen-bond acceptors (Lipinski definition) is 7. The predicted octanol–water partition coefficient (Wildman–Crippen LogP) is 3.71. The van der Waals surface area contributed by atoms with Crippen LogP contribution in [-0.4, -0.2) is 29.7 Å². The minimum atomic E-state index is -0.161. The van der Waals surface area contributed by atoms with Crippen LogP contribution in [0.3, 0.4) is 0 Å². The fourth-order valence-electron chi connectivity index (χ4n) is 4.46. The number of para-hydroxylation sites is 1. The van der Waals surface area contributed by atoms with Gasteiger partial charge < -0.3 is 25.8 Å². The predicted molar refractivity (Wildman–Crippen MR) is 137 cm³/mol. The molecular weight excluding hydrogens is 440 g/mol. The Labute approximate surface area is 203 Å². The molecule has 2 aromatic carbocycles. The normalized spacial score (nSPS) is 11.5. The first-order valence-electron chi connectivity index (χ1n) is 11.5. The van der Waals surface area contributed by atoms with Gasteiger partial charge in [0.2, 0.25) is 0 Å². The molecule has 0 saturated carbocycles. The van der Waals surface area contributed by atoms with Crippen LogP contribution in [-0.2, 0) is 26.2 Å². The van der Waals surface area contributed by atoms with E-state index >= 15 is 0 Å². The Balaban J connectivity index is 1.34. The maximum Gasteiger partial charge on any atom is 0.152 e. The van der Waals surface area contributed by atoms with E-state index in [0.717, 1.165) is 38.9 Å². The lowest BCUT2D eigenvalue weighted by molar-refractivity contribution is 0.278. The van der Waals surface area contributed by atoms with Crippen LogP contribution in [0.25, 0.3) is 21.9 Å². The topological polar surface area (TPSA) is 122 Å². The van der Waals surface area contributed by atoms with E-state index in [4.69, 9.17) is 10.7 Å². The molecule has 0 saturated heterocycles. The van der Waals surface area contributed by atoms with Gasteiger partial charge in [0.25, 0.3) is 0 Å². The molecule has 3 aromatic heterocycles. The van der Waals surface area contributed by atoms with E-state index < -0.39 is 0 Å². The number of aliphatic hydroxyl groups is 1. The Hall–Kier alpha value is -4.01. The zero-order valence-electron chi connectivity index (χ0n) is 19.8. The number of anilines is 1. The van der Waals surface area contributed by atoms with Crippen molar-refractivity contribution >= 4 is 27.8 Å². The number of aromatic hydroxyl groups is 1. The molecule has 3 heterocycles. The summed E-state index contributed by atoms with van der Waals surface area (Å²) in [6.45, 7) is 5.32. The van der Waals surface area contributed by atoms with E-state index in [1.54, 1.807) is 13.1 Å². The van der Waals surface area contributed by atoms with E-state index in [2.05, 4.69) is 50.2 Å². The Morgan fingerprint density at radius 1 is 0.971 bits per heavy atom. The van der Waals surface area contributed by atoms with Gasteiger partial charge in [-0.1, -0.05) is 42.5 Å². The highest BCUT2D eigenvalue weighted by atomic mass is 16.3. The summed E-state index contributed by atoms with van der Waals surface area (Å²) >= 11 is 0. The summed E-state index contributed by atoms with van der Waals surface area (Å²) in [5.41, 5.74) is 12.9. The third kappa shape index (κ3) is 4.29. The van der Waals surface area contributed by atoms with Gasteiger partial charge in [-0.25, -0.2) is 9.97 Å². The second kappa shape index (κ2) is 9.32. The lowest BCUT2D eigenvalue weighted by Crippen LogP contribution is -2.15. The molecule has 8 heteroatoms. The zero-order chi connectivity index (χ0) is 24.5. The Morgan fingerprint density at radius 2 is 1.71 bits per heavy atom. The van der Waals surface area contributed by atoms with E-state index in [1.165, 1.54) is 0 Å². The molecule has 5 N–H and O–H groups in total. The van der Waals surface area contributed by atoms with Crippen LogP contribution in [0.1, 0.15) is 33.8 Å². The summed E-state index contributed by atoms with van der Waals surface area (Å²) in [6, 6.07) is 16.4. The van der Waals surface area contributed by atoms with Gasteiger partial charge >= 0.3 is 0 Å². The van der Waals surface area contributed by atoms with Crippen LogP contribution in [0.15, 0.2) is 54.7 Å². The second-order valence-corrected chi connectivity index (χ2v) is 8.73. The van der Waals surface area contributed by atoms with Crippen molar-refractivity contribution in [3.8, 4) is 5.75 Å². The minimum absolute atomic E-state index is 0.130. The molecule has 0 amide bonds. The molecule has 0 atom stereocenters. The number of nitrogens with two attached hydrogens (primary N) is 1. The molecule has 0 bridgehead atoms. The highest BCUT2D eigenvalue weighted by molar-refractivity contribution is 6.06. The van der Waals surface area contributed by atoms with Crippen molar-refractivity contribution in [3.63, 3.8) is 0 Å². The summed E-state index contributed by atoms with van der Waals surface area (Å²) in [5, 5.41) is 24.3. The van der Waals surface area contributed by atoms with Gasteiger partial charge in [-0.15, -0.1) is 0 Å². The molecule has 0 aliphatic carbocycles. The maximum absolute atomic E-state index is 10.3. The standard InChI is InChI=1S/C27H28N6O2/c1-16-26(35)22(20(15-34)12-30-16)13-29-11-18-7-9-19(10-8-18)14-33-17(2)31-24-25(33)21-5-3-4-6-23(21)32-27(24)28/h3-10,12,29,34-35H,11,13-15H2,1-2H3,(H2,28,32). The van der Waals surface area contributed by atoms with Crippen LogP contribution in [0, 0.1) is 13.8 Å². The van der Waals surface area contributed by atoms with E-state index in [0.29, 0.717) is 42.3 Å². The third-order valence-corrected chi connectivity index (χ3v) is 6.40. The van der Waals surface area contributed by atoms with Gasteiger partial charge in [-0.05, 0) is 31.0 Å². The molecule has 8 nitrogen and oxygen atoms in total. The van der Waals surface area contributed by atoms with Crippen LogP contribution < -0.4 is 11.1 Å². The van der Waals surface area contributed by atoms with Gasteiger partial charge in [0.05, 0.1) is 23.3 Å². The first-order valence-corrected chi connectivity index (χ1v) is 11.5. The van der Waals surface area contributed by atoms with Crippen molar-refractivity contribution in [2.45, 2.75) is 40.1 Å². The number of fused-ring (bicyclic) bond motifs is 3. The number of aliphatic hydroxyl groups excluding tert-OH is 1. The largest absolute Gasteiger partial charge is 0.506 e. The second-order valence-electron chi connectivity index (χ2n) is 8.73. The number of rotatable bonds is 7. The molecule has 0 radical (unpaired) electrons. The quantitative estimate of drug-likeness (QED) is 0.287.